The molecule has 0 aliphatic carbocycles. The normalized spacial score (nSPS) is 26.2. The number of rotatable bonds is 4. The minimum Gasteiger partial charge on any atom is -0.369 e. The zero-order valence-electron chi connectivity index (χ0n) is 11.1. The Morgan fingerprint density at radius 2 is 2.00 bits per heavy atom. The maximum Gasteiger partial charge on any atom is 0.246 e. The van der Waals surface area contributed by atoms with Gasteiger partial charge in [0.05, 0.1) is 19.0 Å². The summed E-state index contributed by atoms with van der Waals surface area (Å²) in [7, 11) is 1.52. The number of hydrogen-bond donors (Lipinski definition) is 2. The quantitative estimate of drug-likeness (QED) is 0.592. The van der Waals surface area contributed by atoms with Crippen molar-refractivity contribution >= 4 is 17.7 Å². The van der Waals surface area contributed by atoms with Gasteiger partial charge in [-0.05, 0) is 12.8 Å². The van der Waals surface area contributed by atoms with Gasteiger partial charge in [0.1, 0.15) is 0 Å². The maximum atomic E-state index is 11.8. The molecule has 1 unspecified atom stereocenters. The average Bonchev–Trinajstić information content (AvgIpc) is 2.59. The van der Waals surface area contributed by atoms with Gasteiger partial charge < -0.3 is 11.1 Å². The van der Waals surface area contributed by atoms with Gasteiger partial charge in [-0.25, -0.2) is 0 Å². The zero-order chi connectivity index (χ0) is 14.0. The van der Waals surface area contributed by atoms with E-state index in [0.717, 1.165) is 25.9 Å². The van der Waals surface area contributed by atoms with Crippen molar-refractivity contribution in [1.82, 2.24) is 15.1 Å². The summed E-state index contributed by atoms with van der Waals surface area (Å²) in [4.78, 5) is 37.2. The van der Waals surface area contributed by atoms with Gasteiger partial charge in [0.25, 0.3) is 0 Å². The molecule has 0 aromatic carbocycles. The molecule has 3 amide bonds. The second-order valence-electron chi connectivity index (χ2n) is 5.23. The lowest BCUT2D eigenvalue weighted by Crippen LogP contribution is -2.49. The topological polar surface area (TPSA) is 95.7 Å². The van der Waals surface area contributed by atoms with Gasteiger partial charge in [-0.3, -0.25) is 24.2 Å². The molecular weight excluding hydrogens is 248 g/mol. The molecule has 0 saturated carbocycles. The van der Waals surface area contributed by atoms with E-state index in [4.69, 9.17) is 5.73 Å². The van der Waals surface area contributed by atoms with Crippen molar-refractivity contribution in [3.8, 4) is 0 Å². The monoisotopic (exact) mass is 268 g/mol. The molecule has 0 aromatic rings. The predicted molar refractivity (Wildman–Crippen MR) is 68.0 cm³/mol. The van der Waals surface area contributed by atoms with E-state index < -0.39 is 0 Å². The lowest BCUT2D eigenvalue weighted by molar-refractivity contribution is -0.137. The summed E-state index contributed by atoms with van der Waals surface area (Å²) in [5, 5.41) is 3.25. The fraction of sp³-hybridized carbons (Fsp3) is 0.750. The number of carbonyl (C=O) groups excluding carboxylic acids is 3. The van der Waals surface area contributed by atoms with Gasteiger partial charge in [0, 0.05) is 26.2 Å². The molecule has 2 saturated heterocycles. The second-order valence-corrected chi connectivity index (χ2v) is 5.23. The Labute approximate surface area is 112 Å². The number of carbonyl (C=O) groups is 3. The van der Waals surface area contributed by atoms with Crippen LogP contribution in [0.3, 0.4) is 0 Å². The number of nitrogens with zero attached hydrogens (tertiary/aromatic N) is 2. The van der Waals surface area contributed by atoms with Crippen molar-refractivity contribution < 1.29 is 14.4 Å². The van der Waals surface area contributed by atoms with Crippen LogP contribution < -0.4 is 11.1 Å². The van der Waals surface area contributed by atoms with E-state index in [9.17, 15) is 14.4 Å². The second kappa shape index (κ2) is 5.66. The zero-order valence-corrected chi connectivity index (χ0v) is 11.1. The molecule has 19 heavy (non-hydrogen) atoms. The molecule has 2 rings (SSSR count). The fourth-order valence-corrected chi connectivity index (χ4v) is 2.65. The Kier molecular flexibility index (Phi) is 4.16. The predicted octanol–water partition coefficient (Wildman–Crippen LogP) is -1.72. The standard InChI is InChI=1S/C12H20N4O3/c1-15-11(18)6-9(12(15)19)14-8-2-4-16(5-3-8)7-10(13)17/h8-9,14H,2-7H2,1H3,(H2,13,17). The summed E-state index contributed by atoms with van der Waals surface area (Å²) >= 11 is 0. The smallest absolute Gasteiger partial charge is 0.246 e. The molecule has 106 valence electrons. The van der Waals surface area contributed by atoms with Crippen LogP contribution in [0, 0.1) is 0 Å². The largest absolute Gasteiger partial charge is 0.369 e. The van der Waals surface area contributed by atoms with Crippen LogP contribution in [0.15, 0.2) is 0 Å². The molecule has 3 N–H and O–H groups in total. The number of piperidine rings is 1. The van der Waals surface area contributed by atoms with Crippen molar-refractivity contribution in [3.63, 3.8) is 0 Å². The Morgan fingerprint density at radius 3 is 2.47 bits per heavy atom. The molecule has 2 aliphatic rings. The van der Waals surface area contributed by atoms with E-state index in [2.05, 4.69) is 5.32 Å². The minimum absolute atomic E-state index is 0.131. The Morgan fingerprint density at radius 1 is 1.37 bits per heavy atom. The summed E-state index contributed by atoms with van der Waals surface area (Å²) in [6, 6.07) is -0.164. The van der Waals surface area contributed by atoms with Crippen LogP contribution >= 0.6 is 0 Å². The fourth-order valence-electron chi connectivity index (χ4n) is 2.65. The van der Waals surface area contributed by atoms with Crippen LogP contribution in [0.4, 0.5) is 0 Å². The van der Waals surface area contributed by atoms with Gasteiger partial charge in [0.2, 0.25) is 17.7 Å². The summed E-state index contributed by atoms with van der Waals surface area (Å²) in [6.07, 6.45) is 1.96. The van der Waals surface area contributed by atoms with E-state index >= 15 is 0 Å². The first kappa shape index (κ1) is 14.0. The molecule has 2 fully saturated rings. The van der Waals surface area contributed by atoms with Gasteiger partial charge in [-0.1, -0.05) is 0 Å². The average molecular weight is 268 g/mol. The molecule has 0 aromatic heterocycles. The molecule has 7 nitrogen and oxygen atoms in total. The third kappa shape index (κ3) is 3.30. The lowest BCUT2D eigenvalue weighted by atomic mass is 10.0. The number of nitrogens with two attached hydrogens (primary N) is 1. The Hall–Kier alpha value is -1.47. The highest BCUT2D eigenvalue weighted by atomic mass is 16.2. The van der Waals surface area contributed by atoms with Gasteiger partial charge >= 0.3 is 0 Å². The van der Waals surface area contributed by atoms with Gasteiger partial charge in [-0.15, -0.1) is 0 Å². The minimum atomic E-state index is -0.384. The van der Waals surface area contributed by atoms with Crippen LogP contribution in [0.1, 0.15) is 19.3 Å². The molecule has 2 aliphatic heterocycles. The molecule has 0 bridgehead atoms. The SMILES string of the molecule is CN1C(=O)CC(NC2CCN(CC(N)=O)CC2)C1=O. The molecule has 7 heteroatoms. The number of primary amides is 1. The summed E-state index contributed by atoms with van der Waals surface area (Å²) < 4.78 is 0. The molecular formula is C12H20N4O3. The van der Waals surface area contributed by atoms with Crippen molar-refractivity contribution in [2.75, 3.05) is 26.7 Å². The molecule has 2 heterocycles. The number of amides is 3. The molecule has 0 radical (unpaired) electrons. The summed E-state index contributed by atoms with van der Waals surface area (Å²) in [5.41, 5.74) is 5.15. The highest BCUT2D eigenvalue weighted by molar-refractivity contribution is 6.05. The van der Waals surface area contributed by atoms with E-state index in [1.807, 2.05) is 4.90 Å². The van der Waals surface area contributed by atoms with Crippen LogP contribution in [0.5, 0.6) is 0 Å². The molecule has 0 spiro atoms. The van der Waals surface area contributed by atoms with E-state index in [1.165, 1.54) is 11.9 Å². The van der Waals surface area contributed by atoms with Gasteiger partial charge in [0.15, 0.2) is 0 Å². The third-order valence-corrected chi connectivity index (χ3v) is 3.79. The van der Waals surface area contributed by atoms with E-state index in [-0.39, 0.29) is 42.8 Å². The summed E-state index contributed by atoms with van der Waals surface area (Å²) in [5.74, 6) is -0.595. The highest BCUT2D eigenvalue weighted by Crippen LogP contribution is 2.15. The van der Waals surface area contributed by atoms with Gasteiger partial charge in [-0.2, -0.15) is 0 Å². The summed E-state index contributed by atoms with van der Waals surface area (Å²) in [6.45, 7) is 1.85. The van der Waals surface area contributed by atoms with Crippen molar-refractivity contribution in [3.05, 3.63) is 0 Å². The molecule has 1 atom stereocenters. The van der Waals surface area contributed by atoms with Crippen molar-refractivity contribution in [2.24, 2.45) is 5.73 Å². The first-order valence-electron chi connectivity index (χ1n) is 6.54. The Balaban J connectivity index is 1.78. The first-order valence-corrected chi connectivity index (χ1v) is 6.54. The van der Waals surface area contributed by atoms with Crippen LogP contribution in [-0.2, 0) is 14.4 Å². The highest BCUT2D eigenvalue weighted by Gasteiger charge is 2.37. The van der Waals surface area contributed by atoms with Crippen LogP contribution in [0.2, 0.25) is 0 Å². The number of hydrogen-bond acceptors (Lipinski definition) is 5. The Bertz CT molecular complexity index is 390. The van der Waals surface area contributed by atoms with Crippen LogP contribution in [0.25, 0.3) is 0 Å². The number of imide groups is 1. The third-order valence-electron chi connectivity index (χ3n) is 3.79. The number of nitrogens with one attached hydrogen (secondary N) is 1. The number of likely N-dealkylation sites (N-methyl/N-ethyl adjacent to an activating group) is 1. The number of likely N-dealkylation sites (tertiary alicyclic amines) is 2. The van der Waals surface area contributed by atoms with E-state index in [1.54, 1.807) is 0 Å². The maximum absolute atomic E-state index is 11.8. The van der Waals surface area contributed by atoms with Crippen LogP contribution in [-0.4, -0.2) is 66.3 Å². The van der Waals surface area contributed by atoms with Crippen molar-refractivity contribution in [1.29, 1.82) is 0 Å². The van der Waals surface area contributed by atoms with Crippen molar-refractivity contribution in [2.45, 2.75) is 31.3 Å². The van der Waals surface area contributed by atoms with E-state index in [0.29, 0.717) is 0 Å². The first-order chi connectivity index (χ1) is 8.97. The lowest BCUT2D eigenvalue weighted by Gasteiger charge is -2.32.